The summed E-state index contributed by atoms with van der Waals surface area (Å²) in [6.07, 6.45) is 1.00. The lowest BCUT2D eigenvalue weighted by molar-refractivity contribution is 0.112. The first-order valence-corrected chi connectivity index (χ1v) is 5.86. The van der Waals surface area contributed by atoms with E-state index in [0.29, 0.717) is 24.2 Å². The quantitative estimate of drug-likeness (QED) is 0.841. The second kappa shape index (κ2) is 6.11. The van der Waals surface area contributed by atoms with Crippen LogP contribution < -0.4 is 4.74 Å². The number of rotatable bonds is 5. The molecule has 1 N–H and O–H groups in total. The molecule has 0 aromatic heterocycles. The Balaban J connectivity index is 2.33. The summed E-state index contributed by atoms with van der Waals surface area (Å²) in [5.74, 6) is 0.353. The Kier molecular flexibility index (Phi) is 4.26. The normalized spacial score (nSPS) is 10.2. The number of carbonyl (C=O) groups is 1. The molecule has 0 aliphatic carbocycles. The molecular weight excluding hydrogens is 247 g/mol. The van der Waals surface area contributed by atoms with E-state index < -0.39 is 5.82 Å². The van der Waals surface area contributed by atoms with Crippen molar-refractivity contribution in [1.29, 1.82) is 0 Å². The van der Waals surface area contributed by atoms with Crippen LogP contribution in [0, 0.1) is 5.82 Å². The van der Waals surface area contributed by atoms with Crippen molar-refractivity contribution in [2.45, 2.75) is 6.42 Å². The zero-order valence-corrected chi connectivity index (χ0v) is 10.2. The smallest absolute Gasteiger partial charge is 0.153 e. The number of carbonyl (C=O) groups excluding carboxylic acids is 1. The van der Waals surface area contributed by atoms with E-state index in [1.54, 1.807) is 12.1 Å². The van der Waals surface area contributed by atoms with E-state index >= 15 is 0 Å². The lowest BCUT2D eigenvalue weighted by atomic mass is 10.1. The van der Waals surface area contributed by atoms with Gasteiger partial charge >= 0.3 is 0 Å². The second-order valence-corrected chi connectivity index (χ2v) is 3.98. The number of para-hydroxylation sites is 1. The van der Waals surface area contributed by atoms with Crippen molar-refractivity contribution in [1.82, 2.24) is 0 Å². The third-order valence-electron chi connectivity index (χ3n) is 2.67. The van der Waals surface area contributed by atoms with Crippen LogP contribution in [0.3, 0.4) is 0 Å². The summed E-state index contributed by atoms with van der Waals surface area (Å²) in [5, 5.41) is 8.99. The molecule has 0 aliphatic heterocycles. The Morgan fingerprint density at radius 1 is 1.16 bits per heavy atom. The molecule has 0 atom stereocenters. The van der Waals surface area contributed by atoms with Gasteiger partial charge in [-0.25, -0.2) is 4.39 Å². The second-order valence-electron chi connectivity index (χ2n) is 3.98. The fourth-order valence-electron chi connectivity index (χ4n) is 1.75. The van der Waals surface area contributed by atoms with Crippen LogP contribution in [0.25, 0.3) is 0 Å². The number of hydrogen-bond donors (Lipinski definition) is 1. The number of ether oxygens (including phenoxy) is 1. The first-order chi connectivity index (χ1) is 9.24. The summed E-state index contributed by atoms with van der Waals surface area (Å²) in [6.45, 7) is 0.00429. The molecule has 0 fully saturated rings. The largest absolute Gasteiger partial charge is 0.456 e. The minimum absolute atomic E-state index is 0.00429. The van der Waals surface area contributed by atoms with Gasteiger partial charge in [0.1, 0.15) is 17.3 Å². The minimum Gasteiger partial charge on any atom is -0.456 e. The van der Waals surface area contributed by atoms with Gasteiger partial charge in [0.25, 0.3) is 0 Å². The first kappa shape index (κ1) is 13.2. The summed E-state index contributed by atoms with van der Waals surface area (Å²) in [6, 6.07) is 11.0. The van der Waals surface area contributed by atoms with Crippen molar-refractivity contribution in [3.63, 3.8) is 0 Å². The number of benzene rings is 2. The lowest BCUT2D eigenvalue weighted by Crippen LogP contribution is -1.97. The topological polar surface area (TPSA) is 46.5 Å². The predicted octanol–water partition coefficient (Wildman–Crippen LogP) is 2.97. The van der Waals surface area contributed by atoms with Crippen molar-refractivity contribution in [2.24, 2.45) is 0 Å². The molecule has 0 heterocycles. The van der Waals surface area contributed by atoms with Gasteiger partial charge in [0.05, 0.1) is 5.56 Å². The van der Waals surface area contributed by atoms with E-state index in [2.05, 4.69) is 0 Å². The zero-order valence-electron chi connectivity index (χ0n) is 10.2. The highest BCUT2D eigenvalue weighted by molar-refractivity contribution is 5.79. The predicted molar refractivity (Wildman–Crippen MR) is 69.1 cm³/mol. The van der Waals surface area contributed by atoms with Gasteiger partial charge in [-0.3, -0.25) is 4.79 Å². The molecule has 0 saturated heterocycles. The van der Waals surface area contributed by atoms with Crippen LogP contribution in [0.2, 0.25) is 0 Å². The van der Waals surface area contributed by atoms with E-state index in [-0.39, 0.29) is 12.2 Å². The number of aldehydes is 1. The fourth-order valence-corrected chi connectivity index (χ4v) is 1.75. The summed E-state index contributed by atoms with van der Waals surface area (Å²) in [7, 11) is 0. The molecule has 4 heteroatoms. The molecule has 0 unspecified atom stereocenters. The first-order valence-electron chi connectivity index (χ1n) is 5.86. The van der Waals surface area contributed by atoms with Gasteiger partial charge in [-0.1, -0.05) is 18.2 Å². The third kappa shape index (κ3) is 3.17. The SMILES string of the molecule is O=Cc1cc(F)ccc1Oc1ccccc1CCO. The summed E-state index contributed by atoms with van der Waals surface area (Å²) in [5.41, 5.74) is 0.977. The average molecular weight is 260 g/mol. The molecule has 3 nitrogen and oxygen atoms in total. The van der Waals surface area contributed by atoms with Gasteiger partial charge in [0, 0.05) is 6.61 Å². The molecule has 0 radical (unpaired) electrons. The van der Waals surface area contributed by atoms with Crippen molar-refractivity contribution < 1.29 is 19.0 Å². The van der Waals surface area contributed by atoms with Crippen molar-refractivity contribution in [3.05, 3.63) is 59.4 Å². The van der Waals surface area contributed by atoms with Crippen molar-refractivity contribution in [2.75, 3.05) is 6.61 Å². The van der Waals surface area contributed by atoms with Crippen molar-refractivity contribution >= 4 is 6.29 Å². The molecule has 0 bridgehead atoms. The monoisotopic (exact) mass is 260 g/mol. The number of aliphatic hydroxyl groups excluding tert-OH is 1. The molecule has 2 rings (SSSR count). The van der Waals surface area contributed by atoms with Crippen LogP contribution in [-0.2, 0) is 6.42 Å². The van der Waals surface area contributed by atoms with Crippen LogP contribution in [0.5, 0.6) is 11.5 Å². The highest BCUT2D eigenvalue weighted by atomic mass is 19.1. The van der Waals surface area contributed by atoms with E-state index in [0.717, 1.165) is 11.6 Å². The van der Waals surface area contributed by atoms with Gasteiger partial charge in [-0.2, -0.15) is 0 Å². The molecule has 0 aliphatic rings. The maximum absolute atomic E-state index is 13.0. The Morgan fingerprint density at radius 3 is 2.68 bits per heavy atom. The molecule has 0 saturated carbocycles. The lowest BCUT2D eigenvalue weighted by Gasteiger charge is -2.11. The molecule has 0 spiro atoms. The summed E-state index contributed by atoms with van der Waals surface area (Å²) >= 11 is 0. The van der Waals surface area contributed by atoms with E-state index in [1.807, 2.05) is 12.1 Å². The zero-order chi connectivity index (χ0) is 13.7. The summed E-state index contributed by atoms with van der Waals surface area (Å²) in [4.78, 5) is 10.9. The minimum atomic E-state index is -0.488. The van der Waals surface area contributed by atoms with Gasteiger partial charge in [-0.05, 0) is 36.2 Å². The molecule has 2 aromatic rings. The van der Waals surface area contributed by atoms with E-state index in [4.69, 9.17) is 9.84 Å². The van der Waals surface area contributed by atoms with Crippen LogP contribution in [-0.4, -0.2) is 18.0 Å². The maximum Gasteiger partial charge on any atom is 0.153 e. The maximum atomic E-state index is 13.0. The highest BCUT2D eigenvalue weighted by Crippen LogP contribution is 2.28. The molecule has 98 valence electrons. The Hall–Kier alpha value is -2.20. The number of hydrogen-bond acceptors (Lipinski definition) is 3. The Labute approximate surface area is 110 Å². The Bertz CT molecular complexity index is 581. The van der Waals surface area contributed by atoms with Crippen LogP contribution in [0.15, 0.2) is 42.5 Å². The molecule has 0 amide bonds. The van der Waals surface area contributed by atoms with Crippen LogP contribution >= 0.6 is 0 Å². The number of aliphatic hydroxyl groups is 1. The van der Waals surface area contributed by atoms with Gasteiger partial charge < -0.3 is 9.84 Å². The number of halogens is 1. The Morgan fingerprint density at radius 2 is 1.95 bits per heavy atom. The standard InChI is InChI=1S/C15H13FO3/c16-13-5-6-15(12(9-13)10-18)19-14-4-2-1-3-11(14)7-8-17/h1-6,9-10,17H,7-8H2. The van der Waals surface area contributed by atoms with E-state index in [1.165, 1.54) is 12.1 Å². The van der Waals surface area contributed by atoms with Gasteiger partial charge in [0.2, 0.25) is 0 Å². The van der Waals surface area contributed by atoms with Gasteiger partial charge in [-0.15, -0.1) is 0 Å². The highest BCUT2D eigenvalue weighted by Gasteiger charge is 2.08. The molecular formula is C15H13FO3. The van der Waals surface area contributed by atoms with Crippen LogP contribution in [0.4, 0.5) is 4.39 Å². The molecule has 19 heavy (non-hydrogen) atoms. The average Bonchev–Trinajstić information content (AvgIpc) is 2.43. The van der Waals surface area contributed by atoms with E-state index in [9.17, 15) is 9.18 Å². The van der Waals surface area contributed by atoms with Crippen molar-refractivity contribution in [3.8, 4) is 11.5 Å². The third-order valence-corrected chi connectivity index (χ3v) is 2.67. The van der Waals surface area contributed by atoms with Crippen LogP contribution in [0.1, 0.15) is 15.9 Å². The molecule has 2 aromatic carbocycles. The fraction of sp³-hybridized carbons (Fsp3) is 0.133. The van der Waals surface area contributed by atoms with Gasteiger partial charge in [0.15, 0.2) is 6.29 Å². The summed E-state index contributed by atoms with van der Waals surface area (Å²) < 4.78 is 18.7.